The molecule has 3 rings (SSSR count). The quantitative estimate of drug-likeness (QED) is 0.258. The van der Waals surface area contributed by atoms with Crippen molar-refractivity contribution in [3.63, 3.8) is 0 Å². The number of carbonyl (C=O) groups is 2. The Bertz CT molecular complexity index is 673. The molecule has 0 spiro atoms. The molecule has 0 aliphatic carbocycles. The molecule has 26 heavy (non-hydrogen) atoms. The Kier molecular flexibility index (Phi) is 6.91. The third-order valence-corrected chi connectivity index (χ3v) is 7.20. The number of nitrogens with one attached hydrogen (secondary N) is 3. The highest BCUT2D eigenvalue weighted by Crippen LogP contribution is 2.33. The monoisotopic (exact) mass is 487 g/mol. The fourth-order valence-corrected chi connectivity index (χ4v) is 5.54. The Morgan fingerprint density at radius 3 is 3.00 bits per heavy atom. The number of rotatable bonds is 8. The normalized spacial score (nSPS) is 24.0. The number of carbonyl (C=O) groups excluding carboxylic acids is 2. The molecule has 1 aromatic rings. The number of hydrogen-bond donors (Lipinski definition) is 4. The summed E-state index contributed by atoms with van der Waals surface area (Å²) in [4.78, 5) is 23.3. The first-order valence-corrected chi connectivity index (χ1v) is 11.1. The molecule has 0 saturated carbocycles. The van der Waals surface area contributed by atoms with Crippen LogP contribution in [0.25, 0.3) is 0 Å². The van der Waals surface area contributed by atoms with Crippen LogP contribution in [0.3, 0.4) is 0 Å². The van der Waals surface area contributed by atoms with Crippen molar-refractivity contribution in [2.75, 3.05) is 12.3 Å². The molecule has 2 heterocycles. The van der Waals surface area contributed by atoms with Crippen LogP contribution in [-0.4, -0.2) is 46.7 Å². The van der Waals surface area contributed by atoms with Crippen LogP contribution in [0, 0.1) is 3.57 Å². The molecule has 1 aromatic carbocycles. The van der Waals surface area contributed by atoms with Crippen LogP contribution >= 0.6 is 34.4 Å². The van der Waals surface area contributed by atoms with Crippen molar-refractivity contribution in [1.82, 2.24) is 16.0 Å². The van der Waals surface area contributed by atoms with Gasteiger partial charge in [0.15, 0.2) is 0 Å². The first kappa shape index (κ1) is 19.6. The molecular weight excluding hydrogens is 463 g/mol. The highest BCUT2D eigenvalue weighted by atomic mass is 125. The minimum Gasteiger partial charge on any atom is -0.507 e. The molecule has 2 aliphatic rings. The van der Waals surface area contributed by atoms with Gasteiger partial charge in [0.05, 0.1) is 15.7 Å². The molecule has 8 heteroatoms. The smallest absolute Gasteiger partial charge is 0.315 e. The molecule has 0 unspecified atom stereocenters. The van der Waals surface area contributed by atoms with E-state index in [0.717, 1.165) is 40.6 Å². The van der Waals surface area contributed by atoms with E-state index >= 15 is 0 Å². The Morgan fingerprint density at radius 1 is 1.35 bits per heavy atom. The number of amides is 3. The maximum Gasteiger partial charge on any atom is 0.315 e. The molecule has 2 fully saturated rings. The molecule has 0 bridgehead atoms. The van der Waals surface area contributed by atoms with Crippen LogP contribution in [0.4, 0.5) is 4.79 Å². The van der Waals surface area contributed by atoms with Crippen molar-refractivity contribution in [3.05, 3.63) is 27.3 Å². The van der Waals surface area contributed by atoms with Crippen molar-refractivity contribution >= 4 is 46.3 Å². The van der Waals surface area contributed by atoms with Gasteiger partial charge in [0.1, 0.15) is 5.75 Å². The van der Waals surface area contributed by atoms with Gasteiger partial charge in [0, 0.05) is 24.0 Å². The summed E-state index contributed by atoms with van der Waals surface area (Å²) in [7, 11) is 0. The second-order valence-corrected chi connectivity index (χ2v) is 9.19. The van der Waals surface area contributed by atoms with Gasteiger partial charge in [-0.25, -0.2) is 4.79 Å². The molecule has 0 radical (unpaired) electrons. The van der Waals surface area contributed by atoms with Crippen LogP contribution in [0.15, 0.2) is 18.2 Å². The van der Waals surface area contributed by atoms with E-state index in [1.807, 2.05) is 23.9 Å². The average molecular weight is 487 g/mol. The molecule has 142 valence electrons. The maximum atomic E-state index is 12.0. The lowest BCUT2D eigenvalue weighted by molar-refractivity contribution is -0.121. The van der Waals surface area contributed by atoms with Crippen molar-refractivity contribution in [2.45, 2.75) is 49.4 Å². The van der Waals surface area contributed by atoms with E-state index in [1.165, 1.54) is 0 Å². The Hall–Kier alpha value is -1.16. The molecule has 6 nitrogen and oxygen atoms in total. The van der Waals surface area contributed by atoms with Gasteiger partial charge in [-0.1, -0.05) is 12.5 Å². The summed E-state index contributed by atoms with van der Waals surface area (Å²) >= 11 is 4.01. The highest BCUT2D eigenvalue weighted by Gasteiger charge is 2.42. The molecule has 3 atom stereocenters. The fourth-order valence-electron chi connectivity index (χ4n) is 3.41. The standard InChI is InChI=1S/C18H24IN3O3S/c19-12-9-11(5-6-14(12)23)7-8-20-16(24)4-2-1-3-15-17-13(10-26-15)21-18(25)22-17/h5-6,9,13,15,17,23H,1-4,7-8,10H2,(H,20,24)(H2,21,22,25)/t13-,15-,17-/m0/s1/i19-2. The molecule has 2 aliphatic heterocycles. The summed E-state index contributed by atoms with van der Waals surface area (Å²) in [6.45, 7) is 0.611. The van der Waals surface area contributed by atoms with Crippen LogP contribution in [0.1, 0.15) is 31.2 Å². The van der Waals surface area contributed by atoms with E-state index in [-0.39, 0.29) is 29.8 Å². The van der Waals surface area contributed by atoms with Crippen molar-refractivity contribution < 1.29 is 14.7 Å². The average Bonchev–Trinajstić information content (AvgIpc) is 3.14. The van der Waals surface area contributed by atoms with E-state index in [9.17, 15) is 14.7 Å². The SMILES string of the molecule is O=C(CCCC[C@@H]1SC[C@@H]2NC(=O)N[C@@H]21)NCCc1ccc(O)c([125I])c1. The van der Waals surface area contributed by atoms with E-state index in [4.69, 9.17) is 0 Å². The van der Waals surface area contributed by atoms with Crippen LogP contribution in [0.5, 0.6) is 5.75 Å². The number of thioether (sulfide) groups is 1. The summed E-state index contributed by atoms with van der Waals surface area (Å²) in [5.74, 6) is 1.36. The summed E-state index contributed by atoms with van der Waals surface area (Å²) in [5.41, 5.74) is 1.10. The summed E-state index contributed by atoms with van der Waals surface area (Å²) in [6.07, 6.45) is 4.21. The Morgan fingerprint density at radius 2 is 2.19 bits per heavy atom. The number of benzene rings is 1. The van der Waals surface area contributed by atoms with E-state index < -0.39 is 0 Å². The minimum absolute atomic E-state index is 0.0482. The van der Waals surface area contributed by atoms with Crippen LogP contribution < -0.4 is 16.0 Å². The van der Waals surface area contributed by atoms with Gasteiger partial charge in [-0.05, 0) is 59.5 Å². The maximum absolute atomic E-state index is 12.0. The van der Waals surface area contributed by atoms with Gasteiger partial charge in [0.25, 0.3) is 0 Å². The number of phenolic OH excluding ortho intramolecular Hbond substituents is 1. The van der Waals surface area contributed by atoms with E-state index in [0.29, 0.717) is 18.2 Å². The zero-order valence-electron chi connectivity index (χ0n) is 14.5. The molecule has 2 saturated heterocycles. The van der Waals surface area contributed by atoms with Crippen molar-refractivity contribution in [3.8, 4) is 5.75 Å². The van der Waals surface area contributed by atoms with Gasteiger partial charge in [-0.3, -0.25) is 4.79 Å². The number of hydrogen-bond acceptors (Lipinski definition) is 4. The number of aromatic hydroxyl groups is 1. The third-order valence-electron chi connectivity index (χ3n) is 4.83. The number of fused-ring (bicyclic) bond motifs is 1. The summed E-state index contributed by atoms with van der Waals surface area (Å²) in [6, 6.07) is 5.97. The van der Waals surface area contributed by atoms with Crippen molar-refractivity contribution in [2.24, 2.45) is 0 Å². The number of phenols is 1. The van der Waals surface area contributed by atoms with Gasteiger partial charge in [-0.15, -0.1) is 0 Å². The van der Waals surface area contributed by atoms with Crippen molar-refractivity contribution in [1.29, 1.82) is 0 Å². The molecule has 0 aromatic heterocycles. The Labute approximate surface area is 171 Å². The lowest BCUT2D eigenvalue weighted by atomic mass is 10.0. The zero-order valence-corrected chi connectivity index (χ0v) is 17.4. The minimum atomic E-state index is -0.0482. The lowest BCUT2D eigenvalue weighted by Gasteiger charge is -2.16. The fraction of sp³-hybridized carbons (Fsp3) is 0.556. The first-order valence-electron chi connectivity index (χ1n) is 8.95. The summed E-state index contributed by atoms with van der Waals surface area (Å²) in [5, 5.41) is 18.9. The second-order valence-electron chi connectivity index (χ2n) is 6.75. The van der Waals surface area contributed by atoms with Crippen LogP contribution in [0.2, 0.25) is 0 Å². The van der Waals surface area contributed by atoms with Gasteiger partial charge in [-0.2, -0.15) is 11.8 Å². The summed E-state index contributed by atoms with van der Waals surface area (Å²) < 4.78 is 0.826. The second kappa shape index (κ2) is 9.16. The molecule has 4 N–H and O–H groups in total. The molecule has 3 amide bonds. The number of halogens is 1. The first-order chi connectivity index (χ1) is 12.5. The lowest BCUT2D eigenvalue weighted by Crippen LogP contribution is -2.36. The largest absolute Gasteiger partial charge is 0.507 e. The Balaban J connectivity index is 1.27. The number of unbranched alkanes of at least 4 members (excludes halogenated alkanes) is 1. The zero-order chi connectivity index (χ0) is 18.5. The van der Waals surface area contributed by atoms with E-state index in [2.05, 4.69) is 38.5 Å². The third kappa shape index (κ3) is 5.18. The van der Waals surface area contributed by atoms with Crippen LogP contribution in [-0.2, 0) is 11.2 Å². The number of urea groups is 1. The van der Waals surface area contributed by atoms with E-state index in [1.54, 1.807) is 6.07 Å². The van der Waals surface area contributed by atoms with Gasteiger partial charge in [0.2, 0.25) is 5.91 Å². The van der Waals surface area contributed by atoms with Gasteiger partial charge >= 0.3 is 6.03 Å². The van der Waals surface area contributed by atoms with Gasteiger partial charge < -0.3 is 21.1 Å². The topological polar surface area (TPSA) is 90.5 Å². The predicted octanol–water partition coefficient (Wildman–Crippen LogP) is 2.38. The molecular formula is C18H24IN3O3S. The predicted molar refractivity (Wildman–Crippen MR) is 111 cm³/mol. The highest BCUT2D eigenvalue weighted by molar-refractivity contribution is 14.1.